The van der Waals surface area contributed by atoms with Crippen molar-refractivity contribution in [3.63, 3.8) is 0 Å². The van der Waals surface area contributed by atoms with E-state index in [0.29, 0.717) is 5.02 Å². The van der Waals surface area contributed by atoms with Crippen LogP contribution < -0.4 is 4.74 Å². The molecule has 0 saturated heterocycles. The number of hydrogen-bond donors (Lipinski definition) is 1. The third-order valence-electron chi connectivity index (χ3n) is 1.93. The van der Waals surface area contributed by atoms with Gasteiger partial charge in [0, 0.05) is 5.02 Å². The molecule has 0 aliphatic heterocycles. The van der Waals surface area contributed by atoms with Gasteiger partial charge in [-0.05, 0) is 18.2 Å². The molecule has 0 aliphatic carbocycles. The Morgan fingerprint density at radius 1 is 1.53 bits per heavy atom. The van der Waals surface area contributed by atoms with Crippen LogP contribution in [0.25, 0.3) is 0 Å². The largest absolute Gasteiger partial charge is 0.483 e. The summed E-state index contributed by atoms with van der Waals surface area (Å²) in [5.74, 6) is -0.688. The Bertz CT molecular complexity index is 527. The minimum absolute atomic E-state index is 0.0133. The van der Waals surface area contributed by atoms with E-state index in [1.54, 1.807) is 0 Å². The molecule has 0 bridgehead atoms. The van der Waals surface area contributed by atoms with E-state index >= 15 is 0 Å². The van der Waals surface area contributed by atoms with Crippen molar-refractivity contribution in [2.24, 2.45) is 0 Å². The van der Waals surface area contributed by atoms with Gasteiger partial charge in [-0.1, -0.05) is 16.8 Å². The molecule has 0 spiro atoms. The topological polar surface area (TPSA) is 85.5 Å². The van der Waals surface area contributed by atoms with Gasteiger partial charge >= 0.3 is 5.97 Å². The van der Waals surface area contributed by atoms with Gasteiger partial charge in [0.25, 0.3) is 5.89 Å². The molecule has 7 heteroatoms. The molecule has 0 aliphatic rings. The van der Waals surface area contributed by atoms with Crippen molar-refractivity contribution in [1.29, 1.82) is 0 Å². The predicted octanol–water partition coefficient (Wildman–Crippen LogP) is 2.00. The molecule has 0 fully saturated rings. The summed E-state index contributed by atoms with van der Waals surface area (Å²) in [6.45, 7) is -0.0133. The minimum atomic E-state index is -1.10. The van der Waals surface area contributed by atoms with E-state index in [9.17, 15) is 4.79 Å². The second-order valence-electron chi connectivity index (χ2n) is 3.07. The number of rotatable bonds is 4. The van der Waals surface area contributed by atoms with Crippen LogP contribution in [0.1, 0.15) is 16.2 Å². The zero-order valence-electron chi connectivity index (χ0n) is 8.46. The van der Waals surface area contributed by atoms with Crippen LogP contribution in [0.3, 0.4) is 0 Å². The van der Waals surface area contributed by atoms with Crippen molar-refractivity contribution in [2.75, 3.05) is 0 Å². The fraction of sp³-hybridized carbons (Fsp3) is 0.100. The fourth-order valence-corrected chi connectivity index (χ4v) is 1.35. The molecule has 0 amide bonds. The molecule has 17 heavy (non-hydrogen) atoms. The number of aromatic carboxylic acids is 1. The maximum atomic E-state index is 10.9. The fourth-order valence-electron chi connectivity index (χ4n) is 1.19. The molecule has 0 radical (unpaired) electrons. The Kier molecular flexibility index (Phi) is 3.24. The molecular weight excluding hydrogens is 248 g/mol. The molecule has 1 heterocycles. The van der Waals surface area contributed by atoms with E-state index in [1.807, 2.05) is 0 Å². The van der Waals surface area contributed by atoms with E-state index in [4.69, 9.17) is 26.0 Å². The number of carbonyl (C=O) groups is 1. The molecule has 0 saturated carbocycles. The predicted molar refractivity (Wildman–Crippen MR) is 57.0 cm³/mol. The number of ether oxygens (including phenoxy) is 1. The van der Waals surface area contributed by atoms with Crippen LogP contribution in [0, 0.1) is 0 Å². The standard InChI is InChI=1S/C10H7ClN2O4/c11-6-1-2-7(10(14)15)8(3-6)16-4-9-12-5-13-17-9/h1-3,5H,4H2,(H,14,15). The van der Waals surface area contributed by atoms with Gasteiger partial charge in [0.1, 0.15) is 11.3 Å². The Morgan fingerprint density at radius 3 is 3.00 bits per heavy atom. The van der Waals surface area contributed by atoms with Crippen molar-refractivity contribution < 1.29 is 19.2 Å². The summed E-state index contributed by atoms with van der Waals surface area (Å²) in [7, 11) is 0. The van der Waals surface area contributed by atoms with E-state index in [-0.39, 0.29) is 23.8 Å². The van der Waals surface area contributed by atoms with Gasteiger partial charge in [-0.3, -0.25) is 0 Å². The number of nitrogens with zero attached hydrogens (tertiary/aromatic N) is 2. The van der Waals surface area contributed by atoms with E-state index < -0.39 is 5.97 Å². The lowest BCUT2D eigenvalue weighted by Crippen LogP contribution is -2.03. The number of aromatic nitrogens is 2. The number of benzene rings is 1. The first kappa shape index (κ1) is 11.4. The first-order valence-electron chi connectivity index (χ1n) is 4.58. The smallest absolute Gasteiger partial charge is 0.339 e. The summed E-state index contributed by atoms with van der Waals surface area (Å²) in [6.07, 6.45) is 1.23. The maximum absolute atomic E-state index is 10.9. The molecule has 2 rings (SSSR count). The summed E-state index contributed by atoms with van der Waals surface area (Å²) in [5.41, 5.74) is 0.0221. The normalized spacial score (nSPS) is 10.2. The average Bonchev–Trinajstić information content (AvgIpc) is 2.78. The van der Waals surface area contributed by atoms with Crippen LogP contribution in [0.4, 0.5) is 0 Å². The van der Waals surface area contributed by atoms with Gasteiger partial charge in [-0.2, -0.15) is 4.98 Å². The third kappa shape index (κ3) is 2.73. The SMILES string of the molecule is O=C(O)c1ccc(Cl)cc1OCc1ncno1. The van der Waals surface area contributed by atoms with Crippen molar-refractivity contribution in [3.8, 4) is 5.75 Å². The highest BCUT2D eigenvalue weighted by molar-refractivity contribution is 6.30. The highest BCUT2D eigenvalue weighted by atomic mass is 35.5. The molecule has 6 nitrogen and oxygen atoms in total. The summed E-state index contributed by atoms with van der Waals surface area (Å²) in [5, 5.41) is 12.7. The lowest BCUT2D eigenvalue weighted by Gasteiger charge is -2.07. The van der Waals surface area contributed by atoms with Crippen LogP contribution in [0.5, 0.6) is 5.75 Å². The second kappa shape index (κ2) is 4.84. The van der Waals surface area contributed by atoms with E-state index in [1.165, 1.54) is 24.5 Å². The monoisotopic (exact) mass is 254 g/mol. The maximum Gasteiger partial charge on any atom is 0.339 e. The summed E-state index contributed by atoms with van der Waals surface area (Å²) in [4.78, 5) is 14.7. The van der Waals surface area contributed by atoms with Crippen molar-refractivity contribution in [3.05, 3.63) is 41.0 Å². The van der Waals surface area contributed by atoms with Gasteiger partial charge in [0.2, 0.25) is 0 Å². The number of carboxylic acids is 1. The zero-order valence-corrected chi connectivity index (χ0v) is 9.22. The summed E-state index contributed by atoms with van der Waals surface area (Å²) in [6, 6.07) is 4.26. The van der Waals surface area contributed by atoms with Gasteiger partial charge < -0.3 is 14.4 Å². The zero-order chi connectivity index (χ0) is 12.3. The molecule has 0 unspecified atom stereocenters. The first-order chi connectivity index (χ1) is 8.16. The van der Waals surface area contributed by atoms with Gasteiger partial charge in [0.15, 0.2) is 12.9 Å². The van der Waals surface area contributed by atoms with Crippen LogP contribution >= 0.6 is 11.6 Å². The third-order valence-corrected chi connectivity index (χ3v) is 2.17. The molecule has 1 N–H and O–H groups in total. The van der Waals surface area contributed by atoms with Crippen molar-refractivity contribution in [2.45, 2.75) is 6.61 Å². The number of hydrogen-bond acceptors (Lipinski definition) is 5. The van der Waals surface area contributed by atoms with Crippen molar-refractivity contribution >= 4 is 17.6 Å². The quantitative estimate of drug-likeness (QED) is 0.898. The van der Waals surface area contributed by atoms with Gasteiger partial charge in [0.05, 0.1) is 0 Å². The molecule has 1 aromatic carbocycles. The van der Waals surface area contributed by atoms with E-state index in [2.05, 4.69) is 10.1 Å². The Labute approximate surface area is 101 Å². The lowest BCUT2D eigenvalue weighted by molar-refractivity contribution is 0.0691. The number of halogens is 1. The van der Waals surface area contributed by atoms with Crippen LogP contribution in [-0.4, -0.2) is 21.2 Å². The summed E-state index contributed by atoms with van der Waals surface area (Å²) >= 11 is 5.76. The Morgan fingerprint density at radius 2 is 2.35 bits per heavy atom. The Balaban J connectivity index is 2.19. The van der Waals surface area contributed by atoms with Crippen LogP contribution in [0.15, 0.2) is 29.0 Å². The van der Waals surface area contributed by atoms with Crippen LogP contribution in [0.2, 0.25) is 5.02 Å². The van der Waals surface area contributed by atoms with E-state index in [0.717, 1.165) is 0 Å². The lowest BCUT2D eigenvalue weighted by atomic mass is 10.2. The second-order valence-corrected chi connectivity index (χ2v) is 3.51. The van der Waals surface area contributed by atoms with Gasteiger partial charge in [-0.15, -0.1) is 0 Å². The Hall–Kier alpha value is -2.08. The number of carboxylic acid groups (broad SMARTS) is 1. The van der Waals surface area contributed by atoms with Crippen molar-refractivity contribution in [1.82, 2.24) is 10.1 Å². The summed E-state index contributed by atoms with van der Waals surface area (Å²) < 4.78 is 9.98. The minimum Gasteiger partial charge on any atom is -0.483 e. The molecule has 88 valence electrons. The van der Waals surface area contributed by atoms with Crippen LogP contribution in [-0.2, 0) is 6.61 Å². The average molecular weight is 255 g/mol. The molecule has 1 aromatic heterocycles. The molecule has 0 atom stereocenters. The highest BCUT2D eigenvalue weighted by Gasteiger charge is 2.12. The molecule has 2 aromatic rings. The molecular formula is C10H7ClN2O4. The first-order valence-corrected chi connectivity index (χ1v) is 4.96. The highest BCUT2D eigenvalue weighted by Crippen LogP contribution is 2.24. The van der Waals surface area contributed by atoms with Gasteiger partial charge in [-0.25, -0.2) is 4.79 Å².